The van der Waals surface area contributed by atoms with E-state index in [4.69, 9.17) is 5.11 Å². The molecule has 1 aromatic carbocycles. The number of rotatable bonds is 5. The molecule has 2 N–H and O–H groups in total. The average Bonchev–Trinajstić information content (AvgIpc) is 2.23. The van der Waals surface area contributed by atoms with Gasteiger partial charge in [-0.2, -0.15) is 13.1 Å². The van der Waals surface area contributed by atoms with Gasteiger partial charge in [0.15, 0.2) is 0 Å². The zero-order valence-corrected chi connectivity index (χ0v) is 12.2. The summed E-state index contributed by atoms with van der Waals surface area (Å²) < 4.78 is 52.2. The molecule has 1 atom stereocenters. The van der Waals surface area contributed by atoms with Crippen LogP contribution in [0, 0.1) is 5.82 Å². The van der Waals surface area contributed by atoms with Crippen LogP contribution >= 0.6 is 0 Å². The van der Waals surface area contributed by atoms with E-state index >= 15 is 0 Å². The van der Waals surface area contributed by atoms with E-state index < -0.39 is 37.8 Å². The Balaban J connectivity index is 3.16. The standard InChI is InChI=1S/C10H13FN2O5S2/c1-19(2,16)13-20(17,18)12-9(10(14)15)7-3-5-8(11)6-4-7/h3-6,9,12H,1-2H3,(H,14,15). The lowest BCUT2D eigenvalue weighted by Crippen LogP contribution is -2.33. The summed E-state index contributed by atoms with van der Waals surface area (Å²) >= 11 is 0. The van der Waals surface area contributed by atoms with Crippen LogP contribution < -0.4 is 4.72 Å². The van der Waals surface area contributed by atoms with Gasteiger partial charge in [-0.05, 0) is 17.7 Å². The summed E-state index contributed by atoms with van der Waals surface area (Å²) in [5, 5.41) is 9.02. The number of nitrogens with zero attached hydrogens (tertiary/aromatic N) is 1. The van der Waals surface area contributed by atoms with Gasteiger partial charge in [0.25, 0.3) is 0 Å². The molecule has 0 fully saturated rings. The molecular weight excluding hydrogens is 311 g/mol. The molecule has 0 aromatic heterocycles. The lowest BCUT2D eigenvalue weighted by molar-refractivity contribution is -0.139. The van der Waals surface area contributed by atoms with Gasteiger partial charge >= 0.3 is 16.2 Å². The predicted molar refractivity (Wildman–Crippen MR) is 71.3 cm³/mol. The van der Waals surface area contributed by atoms with E-state index in [0.717, 1.165) is 36.8 Å². The van der Waals surface area contributed by atoms with Crippen molar-refractivity contribution in [1.82, 2.24) is 4.72 Å². The molecule has 7 nitrogen and oxygen atoms in total. The Morgan fingerprint density at radius 1 is 1.25 bits per heavy atom. The maximum absolute atomic E-state index is 12.8. The van der Waals surface area contributed by atoms with Gasteiger partial charge in [-0.25, -0.2) is 8.60 Å². The van der Waals surface area contributed by atoms with Crippen LogP contribution in [0.5, 0.6) is 0 Å². The number of benzene rings is 1. The van der Waals surface area contributed by atoms with E-state index in [0.29, 0.717) is 0 Å². The Kier molecular flexibility index (Phi) is 4.84. The fraction of sp³-hybridized carbons (Fsp3) is 0.300. The minimum absolute atomic E-state index is 0.0244. The summed E-state index contributed by atoms with van der Waals surface area (Å²) in [6.45, 7) is 0. The smallest absolute Gasteiger partial charge is 0.328 e. The van der Waals surface area contributed by atoms with Crippen LogP contribution in [0.2, 0.25) is 0 Å². The van der Waals surface area contributed by atoms with E-state index in [1.54, 1.807) is 4.72 Å². The van der Waals surface area contributed by atoms with Crippen molar-refractivity contribution in [3.63, 3.8) is 0 Å². The maximum atomic E-state index is 12.8. The number of halogens is 1. The van der Waals surface area contributed by atoms with Crippen molar-refractivity contribution in [2.45, 2.75) is 6.04 Å². The second kappa shape index (κ2) is 5.85. The highest BCUT2D eigenvalue weighted by Gasteiger charge is 2.26. The molecule has 1 aromatic rings. The van der Waals surface area contributed by atoms with Crippen LogP contribution in [0.4, 0.5) is 4.39 Å². The van der Waals surface area contributed by atoms with Crippen molar-refractivity contribution >= 4 is 25.9 Å². The van der Waals surface area contributed by atoms with Crippen LogP contribution in [0.3, 0.4) is 0 Å². The molecule has 0 radical (unpaired) electrons. The third-order valence-electron chi connectivity index (χ3n) is 1.99. The Bertz CT molecular complexity index is 713. The number of hydrogen-bond donors (Lipinski definition) is 2. The molecule has 0 saturated heterocycles. The molecule has 0 spiro atoms. The summed E-state index contributed by atoms with van der Waals surface area (Å²) in [6, 6.07) is 2.61. The van der Waals surface area contributed by atoms with Crippen molar-refractivity contribution in [2.24, 2.45) is 3.77 Å². The van der Waals surface area contributed by atoms with Gasteiger partial charge in [-0.3, -0.25) is 4.79 Å². The highest BCUT2D eigenvalue weighted by atomic mass is 32.3. The number of carbonyl (C=O) groups is 1. The lowest BCUT2D eigenvalue weighted by atomic mass is 10.1. The lowest BCUT2D eigenvalue weighted by Gasteiger charge is -2.13. The minimum Gasteiger partial charge on any atom is -0.480 e. The third-order valence-corrected chi connectivity index (χ3v) is 4.75. The Morgan fingerprint density at radius 2 is 1.75 bits per heavy atom. The summed E-state index contributed by atoms with van der Waals surface area (Å²) in [7, 11) is -7.39. The van der Waals surface area contributed by atoms with E-state index in [-0.39, 0.29) is 5.56 Å². The zero-order valence-electron chi connectivity index (χ0n) is 10.6. The van der Waals surface area contributed by atoms with Crippen molar-refractivity contribution < 1.29 is 26.9 Å². The average molecular weight is 324 g/mol. The Hall–Kier alpha value is -1.52. The molecule has 1 unspecified atom stereocenters. The van der Waals surface area contributed by atoms with Crippen LogP contribution in [0.15, 0.2) is 28.0 Å². The van der Waals surface area contributed by atoms with Gasteiger partial charge in [-0.1, -0.05) is 15.9 Å². The number of hydrogen-bond acceptors (Lipinski definition) is 4. The molecule has 0 heterocycles. The SMILES string of the molecule is CS(C)(=O)=NS(=O)(=O)NC(C(=O)O)c1ccc(F)cc1. The van der Waals surface area contributed by atoms with E-state index in [9.17, 15) is 21.8 Å². The quantitative estimate of drug-likeness (QED) is 0.819. The molecule has 0 bridgehead atoms. The van der Waals surface area contributed by atoms with E-state index in [1.165, 1.54) is 0 Å². The largest absolute Gasteiger partial charge is 0.480 e. The maximum Gasteiger partial charge on any atom is 0.328 e. The first-order chi connectivity index (χ1) is 9.00. The van der Waals surface area contributed by atoms with Crippen LogP contribution in [0.25, 0.3) is 0 Å². The fourth-order valence-electron chi connectivity index (χ4n) is 1.32. The molecular formula is C10H13FN2O5S2. The molecule has 0 aliphatic rings. The van der Waals surface area contributed by atoms with Gasteiger partial charge in [0.05, 0.1) is 9.73 Å². The summed E-state index contributed by atoms with van der Waals surface area (Å²) in [5.74, 6) is -2.08. The first-order valence-electron chi connectivity index (χ1n) is 5.19. The number of aliphatic carboxylic acids is 1. The van der Waals surface area contributed by atoms with Crippen molar-refractivity contribution in [2.75, 3.05) is 12.5 Å². The van der Waals surface area contributed by atoms with Gasteiger partial charge in [-0.15, -0.1) is 0 Å². The van der Waals surface area contributed by atoms with Crippen molar-refractivity contribution in [3.8, 4) is 0 Å². The molecule has 1 rings (SSSR count). The topological polar surface area (TPSA) is 113 Å². The minimum atomic E-state index is -4.42. The Morgan fingerprint density at radius 3 is 2.15 bits per heavy atom. The van der Waals surface area contributed by atoms with Crippen LogP contribution in [0.1, 0.15) is 11.6 Å². The summed E-state index contributed by atoms with van der Waals surface area (Å²) in [5.41, 5.74) is 0.0244. The fourth-order valence-corrected chi connectivity index (χ4v) is 3.92. The van der Waals surface area contributed by atoms with E-state index in [2.05, 4.69) is 3.77 Å². The third kappa shape index (κ3) is 5.23. The molecule has 0 amide bonds. The normalized spacial score (nSPS) is 13.8. The monoisotopic (exact) mass is 324 g/mol. The van der Waals surface area contributed by atoms with Crippen LogP contribution in [-0.2, 0) is 24.7 Å². The molecule has 0 saturated carbocycles. The van der Waals surface area contributed by atoms with Gasteiger partial charge in [0, 0.05) is 12.5 Å². The molecule has 10 heteroatoms. The van der Waals surface area contributed by atoms with E-state index in [1.807, 2.05) is 0 Å². The second-order valence-electron chi connectivity index (χ2n) is 4.17. The second-order valence-corrected chi connectivity index (χ2v) is 8.32. The molecule has 0 aliphatic heterocycles. The van der Waals surface area contributed by atoms with Crippen LogP contribution in [-0.4, -0.2) is 36.2 Å². The van der Waals surface area contributed by atoms with Gasteiger partial charge in [0.1, 0.15) is 11.9 Å². The molecule has 112 valence electrons. The first-order valence-corrected chi connectivity index (χ1v) is 8.96. The summed E-state index contributed by atoms with van der Waals surface area (Å²) in [6.07, 6.45) is 2.19. The highest BCUT2D eigenvalue weighted by Crippen LogP contribution is 2.15. The number of carboxylic acid groups (broad SMARTS) is 1. The zero-order chi connectivity index (χ0) is 15.6. The first kappa shape index (κ1) is 16.5. The predicted octanol–water partition coefficient (Wildman–Crippen LogP) is 0.513. The highest BCUT2D eigenvalue weighted by molar-refractivity contribution is 8.01. The molecule has 20 heavy (non-hydrogen) atoms. The van der Waals surface area contributed by atoms with Gasteiger partial charge < -0.3 is 5.11 Å². The summed E-state index contributed by atoms with van der Waals surface area (Å²) in [4.78, 5) is 11.1. The van der Waals surface area contributed by atoms with Crippen molar-refractivity contribution in [3.05, 3.63) is 35.6 Å². The van der Waals surface area contributed by atoms with Gasteiger partial charge in [0.2, 0.25) is 0 Å². The number of nitrogens with one attached hydrogen (secondary N) is 1. The number of carboxylic acids is 1. The molecule has 0 aliphatic carbocycles. The van der Waals surface area contributed by atoms with Crippen molar-refractivity contribution in [1.29, 1.82) is 0 Å². The Labute approximate surface area is 116 Å².